The molecule has 0 aromatic heterocycles. The Bertz CT molecular complexity index is 739. The Hall–Kier alpha value is -2.49. The van der Waals surface area contributed by atoms with Crippen LogP contribution >= 0.6 is 0 Å². The molecule has 0 spiro atoms. The summed E-state index contributed by atoms with van der Waals surface area (Å²) >= 11 is 0. The number of nitrogens with two attached hydrogens (primary N) is 1. The Morgan fingerprint density at radius 1 is 1.24 bits per heavy atom. The monoisotopic (exact) mass is 337 g/mol. The fourth-order valence-corrected chi connectivity index (χ4v) is 3.48. The molecule has 1 heterocycles. The second kappa shape index (κ2) is 7.60. The highest BCUT2D eigenvalue weighted by Crippen LogP contribution is 2.31. The molecule has 0 bridgehead atoms. The summed E-state index contributed by atoms with van der Waals surface area (Å²) in [6.45, 7) is 5.43. The van der Waals surface area contributed by atoms with E-state index in [-0.39, 0.29) is 11.9 Å². The molecule has 2 aromatic carbocycles. The van der Waals surface area contributed by atoms with Crippen molar-refractivity contribution in [3.8, 4) is 0 Å². The quantitative estimate of drug-likeness (QED) is 0.822. The standard InChI is InChI=1S/C21H27N3O/c1-3-16-9-11-17(12-10-16)15(2)23-21(25)14-24-13-5-6-18-19(22)7-4-8-20(18)24/h4,7-12,15H,3,5-6,13-14,22H2,1-2H3,(H,23,25). The number of benzene rings is 2. The van der Waals surface area contributed by atoms with Crippen molar-refractivity contribution in [2.75, 3.05) is 23.7 Å². The van der Waals surface area contributed by atoms with Gasteiger partial charge >= 0.3 is 0 Å². The van der Waals surface area contributed by atoms with Gasteiger partial charge in [-0.3, -0.25) is 4.79 Å². The predicted molar refractivity (Wildman–Crippen MR) is 104 cm³/mol. The minimum Gasteiger partial charge on any atom is -0.398 e. The van der Waals surface area contributed by atoms with Crippen LogP contribution in [-0.2, 0) is 17.6 Å². The third-order valence-electron chi connectivity index (χ3n) is 4.98. The maximum atomic E-state index is 12.5. The van der Waals surface area contributed by atoms with Crippen molar-refractivity contribution >= 4 is 17.3 Å². The van der Waals surface area contributed by atoms with Crippen LogP contribution in [-0.4, -0.2) is 19.0 Å². The second-order valence-corrected chi connectivity index (χ2v) is 6.75. The van der Waals surface area contributed by atoms with Gasteiger partial charge in [0.05, 0.1) is 12.6 Å². The SMILES string of the molecule is CCc1ccc(C(C)NC(=O)CN2CCCc3c(N)cccc32)cc1. The predicted octanol–water partition coefficient (Wildman–Crippen LogP) is 3.46. The lowest BCUT2D eigenvalue weighted by Gasteiger charge is -2.31. The largest absolute Gasteiger partial charge is 0.398 e. The van der Waals surface area contributed by atoms with Crippen LogP contribution in [0.4, 0.5) is 11.4 Å². The number of nitrogen functional groups attached to an aromatic ring is 1. The Kier molecular flexibility index (Phi) is 5.27. The number of amides is 1. The van der Waals surface area contributed by atoms with Crippen LogP contribution in [0.25, 0.3) is 0 Å². The fourth-order valence-electron chi connectivity index (χ4n) is 3.48. The Morgan fingerprint density at radius 3 is 2.72 bits per heavy atom. The molecule has 0 saturated heterocycles. The summed E-state index contributed by atoms with van der Waals surface area (Å²) in [4.78, 5) is 14.7. The zero-order valence-corrected chi connectivity index (χ0v) is 15.1. The van der Waals surface area contributed by atoms with E-state index in [2.05, 4.69) is 47.5 Å². The van der Waals surface area contributed by atoms with E-state index in [1.165, 1.54) is 11.1 Å². The lowest BCUT2D eigenvalue weighted by atomic mass is 10.00. The van der Waals surface area contributed by atoms with E-state index in [9.17, 15) is 4.79 Å². The summed E-state index contributed by atoms with van der Waals surface area (Å²) in [6.07, 6.45) is 3.04. The number of anilines is 2. The van der Waals surface area contributed by atoms with Gasteiger partial charge in [-0.05, 0) is 55.0 Å². The number of hydrogen-bond donors (Lipinski definition) is 2. The number of fused-ring (bicyclic) bond motifs is 1. The highest BCUT2D eigenvalue weighted by atomic mass is 16.2. The summed E-state index contributed by atoms with van der Waals surface area (Å²) in [5, 5.41) is 3.11. The van der Waals surface area contributed by atoms with E-state index in [4.69, 9.17) is 5.73 Å². The van der Waals surface area contributed by atoms with Crippen molar-refractivity contribution in [3.63, 3.8) is 0 Å². The van der Waals surface area contributed by atoms with Gasteiger partial charge in [-0.15, -0.1) is 0 Å². The molecule has 0 saturated carbocycles. The van der Waals surface area contributed by atoms with Crippen LogP contribution in [0.5, 0.6) is 0 Å². The van der Waals surface area contributed by atoms with E-state index in [1.807, 2.05) is 19.1 Å². The zero-order valence-electron chi connectivity index (χ0n) is 15.1. The Morgan fingerprint density at radius 2 is 2.00 bits per heavy atom. The molecule has 1 aliphatic heterocycles. The van der Waals surface area contributed by atoms with Gasteiger partial charge < -0.3 is 16.0 Å². The minimum atomic E-state index is 0.00325. The topological polar surface area (TPSA) is 58.4 Å². The average molecular weight is 337 g/mol. The molecule has 0 aliphatic carbocycles. The molecule has 132 valence electrons. The maximum Gasteiger partial charge on any atom is 0.239 e. The van der Waals surface area contributed by atoms with Gasteiger partial charge in [0.1, 0.15) is 0 Å². The van der Waals surface area contributed by atoms with Crippen LogP contribution in [0.1, 0.15) is 43.0 Å². The number of hydrogen-bond acceptors (Lipinski definition) is 3. The molecular weight excluding hydrogens is 310 g/mol. The molecule has 2 aromatic rings. The van der Waals surface area contributed by atoms with E-state index in [1.54, 1.807) is 0 Å². The zero-order chi connectivity index (χ0) is 17.8. The molecule has 4 heteroatoms. The van der Waals surface area contributed by atoms with Gasteiger partial charge in [-0.25, -0.2) is 0 Å². The number of carbonyl (C=O) groups is 1. The van der Waals surface area contributed by atoms with Gasteiger partial charge in [-0.1, -0.05) is 37.3 Å². The summed E-state index contributed by atoms with van der Waals surface area (Å²) in [5.74, 6) is 0.0438. The molecule has 25 heavy (non-hydrogen) atoms. The lowest BCUT2D eigenvalue weighted by Crippen LogP contribution is -2.40. The van der Waals surface area contributed by atoms with E-state index >= 15 is 0 Å². The average Bonchev–Trinajstić information content (AvgIpc) is 2.62. The molecule has 0 fully saturated rings. The first-order valence-corrected chi connectivity index (χ1v) is 9.09. The molecule has 3 N–H and O–H groups in total. The number of rotatable bonds is 5. The maximum absolute atomic E-state index is 12.5. The normalized spacial score (nSPS) is 14.7. The number of nitrogens with zero attached hydrogens (tertiary/aromatic N) is 1. The molecule has 1 aliphatic rings. The van der Waals surface area contributed by atoms with Crippen molar-refractivity contribution in [1.29, 1.82) is 0 Å². The van der Waals surface area contributed by atoms with Gasteiger partial charge in [-0.2, -0.15) is 0 Å². The lowest BCUT2D eigenvalue weighted by molar-refractivity contribution is -0.120. The van der Waals surface area contributed by atoms with Crippen LogP contribution in [0.3, 0.4) is 0 Å². The number of carbonyl (C=O) groups excluding carboxylic acids is 1. The van der Waals surface area contributed by atoms with Gasteiger partial charge in [0.25, 0.3) is 0 Å². The minimum absolute atomic E-state index is 0.00325. The number of nitrogens with one attached hydrogen (secondary N) is 1. The molecule has 0 radical (unpaired) electrons. The van der Waals surface area contributed by atoms with Crippen LogP contribution < -0.4 is 16.0 Å². The summed E-state index contributed by atoms with van der Waals surface area (Å²) in [5.41, 5.74) is 11.6. The van der Waals surface area contributed by atoms with E-state index in [0.717, 1.165) is 42.7 Å². The van der Waals surface area contributed by atoms with Crippen molar-refractivity contribution in [2.24, 2.45) is 0 Å². The Balaban J connectivity index is 1.64. The van der Waals surface area contributed by atoms with E-state index in [0.29, 0.717) is 6.54 Å². The smallest absolute Gasteiger partial charge is 0.239 e. The van der Waals surface area contributed by atoms with Crippen LogP contribution in [0.2, 0.25) is 0 Å². The van der Waals surface area contributed by atoms with Crippen molar-refractivity contribution in [1.82, 2.24) is 5.32 Å². The van der Waals surface area contributed by atoms with Gasteiger partial charge in [0.2, 0.25) is 5.91 Å². The highest BCUT2D eigenvalue weighted by molar-refractivity contribution is 5.83. The summed E-state index contributed by atoms with van der Waals surface area (Å²) in [6, 6.07) is 14.4. The Labute approximate surface area is 150 Å². The van der Waals surface area contributed by atoms with Crippen molar-refractivity contribution in [3.05, 3.63) is 59.2 Å². The molecule has 1 unspecified atom stereocenters. The first kappa shape index (κ1) is 17.3. The van der Waals surface area contributed by atoms with Gasteiger partial charge in [0, 0.05) is 17.9 Å². The molecule has 1 amide bonds. The molecular formula is C21H27N3O. The van der Waals surface area contributed by atoms with E-state index < -0.39 is 0 Å². The first-order chi connectivity index (χ1) is 12.1. The first-order valence-electron chi connectivity index (χ1n) is 9.09. The van der Waals surface area contributed by atoms with Crippen LogP contribution in [0.15, 0.2) is 42.5 Å². The second-order valence-electron chi connectivity index (χ2n) is 6.75. The summed E-state index contributed by atoms with van der Waals surface area (Å²) < 4.78 is 0. The number of aryl methyl sites for hydroxylation is 1. The van der Waals surface area contributed by atoms with Gasteiger partial charge in [0.15, 0.2) is 0 Å². The van der Waals surface area contributed by atoms with Crippen molar-refractivity contribution < 1.29 is 4.79 Å². The third-order valence-corrected chi connectivity index (χ3v) is 4.98. The highest BCUT2D eigenvalue weighted by Gasteiger charge is 2.21. The molecule has 4 nitrogen and oxygen atoms in total. The van der Waals surface area contributed by atoms with Crippen molar-refractivity contribution in [2.45, 2.75) is 39.2 Å². The molecule has 3 rings (SSSR count). The fraction of sp³-hybridized carbons (Fsp3) is 0.381. The molecule has 1 atom stereocenters. The van der Waals surface area contributed by atoms with Crippen LogP contribution in [0, 0.1) is 0 Å². The summed E-state index contributed by atoms with van der Waals surface area (Å²) in [7, 11) is 0. The third kappa shape index (κ3) is 3.95.